The summed E-state index contributed by atoms with van der Waals surface area (Å²) in [6.45, 7) is 1.45. The summed E-state index contributed by atoms with van der Waals surface area (Å²) in [5.74, 6) is -0.617. The van der Waals surface area contributed by atoms with Crippen molar-refractivity contribution < 1.29 is 9.18 Å². The molecule has 0 aliphatic carbocycles. The first-order valence-electron chi connectivity index (χ1n) is 7.97. The topological polar surface area (TPSA) is 76.0 Å². The van der Waals surface area contributed by atoms with Gasteiger partial charge in [0.2, 0.25) is 11.9 Å². The van der Waals surface area contributed by atoms with Gasteiger partial charge in [-0.3, -0.25) is 14.2 Å². The molecule has 1 amide bonds. The Bertz CT molecular complexity index is 986. The lowest BCUT2D eigenvalue weighted by Gasteiger charge is -2.14. The SMILES string of the molecule is Cc1cc(=O)n(CC(=O)Nc2ccccc2)c(Nc2cccc(F)c2)n1. The van der Waals surface area contributed by atoms with Crippen molar-refractivity contribution in [1.29, 1.82) is 0 Å². The number of hydrogen-bond donors (Lipinski definition) is 2. The number of amides is 1. The van der Waals surface area contributed by atoms with Crippen molar-refractivity contribution in [2.45, 2.75) is 13.5 Å². The van der Waals surface area contributed by atoms with Crippen LogP contribution < -0.4 is 16.2 Å². The molecule has 6 nitrogen and oxygen atoms in total. The predicted octanol–water partition coefficient (Wildman–Crippen LogP) is 3.07. The number of halogens is 1. The van der Waals surface area contributed by atoms with Crippen molar-refractivity contribution in [3.05, 3.63) is 82.5 Å². The zero-order chi connectivity index (χ0) is 18.5. The third-order valence-corrected chi connectivity index (χ3v) is 3.58. The van der Waals surface area contributed by atoms with E-state index in [1.807, 2.05) is 6.07 Å². The molecule has 0 saturated heterocycles. The van der Waals surface area contributed by atoms with Gasteiger partial charge in [-0.25, -0.2) is 9.37 Å². The summed E-state index contributed by atoms with van der Waals surface area (Å²) in [7, 11) is 0. The molecule has 2 N–H and O–H groups in total. The molecule has 0 atom stereocenters. The highest BCUT2D eigenvalue weighted by Crippen LogP contribution is 2.15. The van der Waals surface area contributed by atoms with Crippen molar-refractivity contribution in [2.24, 2.45) is 0 Å². The third-order valence-electron chi connectivity index (χ3n) is 3.58. The normalized spacial score (nSPS) is 10.4. The molecule has 0 fully saturated rings. The fraction of sp³-hybridized carbons (Fsp3) is 0.105. The zero-order valence-electron chi connectivity index (χ0n) is 14.1. The van der Waals surface area contributed by atoms with Gasteiger partial charge in [0, 0.05) is 23.1 Å². The Morgan fingerprint density at radius 1 is 1.08 bits per heavy atom. The highest BCUT2D eigenvalue weighted by atomic mass is 19.1. The van der Waals surface area contributed by atoms with E-state index in [0.717, 1.165) is 0 Å². The van der Waals surface area contributed by atoms with E-state index < -0.39 is 5.82 Å². The first-order chi connectivity index (χ1) is 12.5. The van der Waals surface area contributed by atoms with Gasteiger partial charge < -0.3 is 10.6 Å². The number of aromatic nitrogens is 2. The maximum absolute atomic E-state index is 13.4. The Morgan fingerprint density at radius 2 is 1.81 bits per heavy atom. The number of rotatable bonds is 5. The molecule has 2 aromatic carbocycles. The van der Waals surface area contributed by atoms with Crippen LogP contribution in [0.3, 0.4) is 0 Å². The Morgan fingerprint density at radius 3 is 2.54 bits per heavy atom. The Balaban J connectivity index is 1.86. The lowest BCUT2D eigenvalue weighted by atomic mass is 10.3. The molecule has 1 heterocycles. The molecular weight excluding hydrogens is 335 g/mol. The lowest BCUT2D eigenvalue weighted by Crippen LogP contribution is -2.30. The summed E-state index contributed by atoms with van der Waals surface area (Å²) < 4.78 is 14.6. The third kappa shape index (κ3) is 4.32. The van der Waals surface area contributed by atoms with Crippen LogP contribution >= 0.6 is 0 Å². The summed E-state index contributed by atoms with van der Waals surface area (Å²) in [5, 5.41) is 5.61. The number of benzene rings is 2. The molecule has 0 aliphatic rings. The zero-order valence-corrected chi connectivity index (χ0v) is 14.1. The number of carbonyl (C=O) groups excluding carboxylic acids is 1. The molecule has 1 aromatic heterocycles. The second-order valence-electron chi connectivity index (χ2n) is 5.70. The maximum atomic E-state index is 13.4. The first kappa shape index (κ1) is 17.3. The Kier molecular flexibility index (Phi) is 5.07. The quantitative estimate of drug-likeness (QED) is 0.740. The monoisotopic (exact) mass is 352 g/mol. The largest absolute Gasteiger partial charge is 0.325 e. The minimum Gasteiger partial charge on any atom is -0.325 e. The van der Waals surface area contributed by atoms with Crippen LogP contribution in [0.5, 0.6) is 0 Å². The summed E-state index contributed by atoms with van der Waals surface area (Å²) >= 11 is 0. The van der Waals surface area contributed by atoms with Gasteiger partial charge in [-0.15, -0.1) is 0 Å². The van der Waals surface area contributed by atoms with Gasteiger partial charge in [0.25, 0.3) is 5.56 Å². The van der Waals surface area contributed by atoms with Crippen LogP contribution in [0.25, 0.3) is 0 Å². The van der Waals surface area contributed by atoms with Crippen molar-refractivity contribution in [3.63, 3.8) is 0 Å². The van der Waals surface area contributed by atoms with Gasteiger partial charge >= 0.3 is 0 Å². The molecule has 0 spiro atoms. The number of hydrogen-bond acceptors (Lipinski definition) is 4. The van der Waals surface area contributed by atoms with E-state index in [-0.39, 0.29) is 24.0 Å². The van der Waals surface area contributed by atoms with Crippen LogP contribution in [0.4, 0.5) is 21.7 Å². The summed E-state index contributed by atoms with van der Waals surface area (Å²) in [4.78, 5) is 28.9. The number of aryl methyl sites for hydroxylation is 1. The highest BCUT2D eigenvalue weighted by molar-refractivity contribution is 5.90. The fourth-order valence-corrected chi connectivity index (χ4v) is 2.43. The van der Waals surface area contributed by atoms with E-state index in [9.17, 15) is 14.0 Å². The molecule has 0 unspecified atom stereocenters. The molecule has 0 aliphatic heterocycles. The van der Waals surface area contributed by atoms with Crippen molar-refractivity contribution in [2.75, 3.05) is 10.6 Å². The van der Waals surface area contributed by atoms with Crippen LogP contribution in [0.2, 0.25) is 0 Å². The average molecular weight is 352 g/mol. The maximum Gasteiger partial charge on any atom is 0.255 e. The molecule has 0 radical (unpaired) electrons. The number of nitrogens with one attached hydrogen (secondary N) is 2. The van der Waals surface area contributed by atoms with Gasteiger partial charge in [-0.2, -0.15) is 0 Å². The highest BCUT2D eigenvalue weighted by Gasteiger charge is 2.12. The summed E-state index contributed by atoms with van der Waals surface area (Å²) in [6.07, 6.45) is 0. The minimum atomic E-state index is -0.418. The molecule has 0 bridgehead atoms. The molecule has 132 valence electrons. The molecule has 7 heteroatoms. The van der Waals surface area contributed by atoms with Crippen LogP contribution in [-0.4, -0.2) is 15.5 Å². The van der Waals surface area contributed by atoms with Crippen molar-refractivity contribution in [3.8, 4) is 0 Å². The Labute approximate surface area is 149 Å². The molecule has 0 saturated carbocycles. The minimum absolute atomic E-state index is 0.170. The average Bonchev–Trinajstić information content (AvgIpc) is 2.59. The lowest BCUT2D eigenvalue weighted by molar-refractivity contribution is -0.116. The van der Waals surface area contributed by atoms with E-state index in [1.165, 1.54) is 28.8 Å². The van der Waals surface area contributed by atoms with Crippen molar-refractivity contribution >= 4 is 23.2 Å². The van der Waals surface area contributed by atoms with E-state index in [4.69, 9.17) is 0 Å². The van der Waals surface area contributed by atoms with E-state index in [0.29, 0.717) is 17.1 Å². The number of carbonyl (C=O) groups is 1. The summed E-state index contributed by atoms with van der Waals surface area (Å²) in [5.41, 5.74) is 1.18. The van der Waals surface area contributed by atoms with Gasteiger partial charge in [-0.05, 0) is 37.3 Å². The number of nitrogens with zero attached hydrogens (tertiary/aromatic N) is 2. The van der Waals surface area contributed by atoms with Crippen LogP contribution in [0.15, 0.2) is 65.5 Å². The van der Waals surface area contributed by atoms with Crippen LogP contribution in [0.1, 0.15) is 5.69 Å². The van der Waals surface area contributed by atoms with Crippen LogP contribution in [-0.2, 0) is 11.3 Å². The van der Waals surface area contributed by atoms with Crippen molar-refractivity contribution in [1.82, 2.24) is 9.55 Å². The van der Waals surface area contributed by atoms with Gasteiger partial charge in [0.05, 0.1) is 0 Å². The van der Waals surface area contributed by atoms with E-state index >= 15 is 0 Å². The molecule has 26 heavy (non-hydrogen) atoms. The van der Waals surface area contributed by atoms with E-state index in [1.54, 1.807) is 37.3 Å². The van der Waals surface area contributed by atoms with Gasteiger partial charge in [-0.1, -0.05) is 24.3 Å². The fourth-order valence-electron chi connectivity index (χ4n) is 2.43. The second-order valence-corrected chi connectivity index (χ2v) is 5.70. The van der Waals surface area contributed by atoms with Gasteiger partial charge in [0.15, 0.2) is 0 Å². The Hall–Kier alpha value is -3.48. The smallest absolute Gasteiger partial charge is 0.255 e. The first-order valence-corrected chi connectivity index (χ1v) is 7.97. The van der Waals surface area contributed by atoms with Crippen LogP contribution in [0, 0.1) is 12.7 Å². The molecule has 3 aromatic rings. The molecular formula is C19H17FN4O2. The van der Waals surface area contributed by atoms with Gasteiger partial charge in [0.1, 0.15) is 12.4 Å². The molecule has 3 rings (SSSR count). The standard InChI is InChI=1S/C19H17FN4O2/c1-13-10-18(26)24(12-17(25)22-15-7-3-2-4-8-15)19(21-13)23-16-9-5-6-14(20)11-16/h2-11H,12H2,1H3,(H,21,23)(H,22,25). The number of para-hydroxylation sites is 1. The predicted molar refractivity (Wildman–Crippen MR) is 98.0 cm³/mol. The summed E-state index contributed by atoms with van der Waals surface area (Å²) in [6, 6.07) is 16.1. The second kappa shape index (κ2) is 7.60. The number of anilines is 3. The van der Waals surface area contributed by atoms with E-state index in [2.05, 4.69) is 15.6 Å².